The van der Waals surface area contributed by atoms with Gasteiger partial charge < -0.3 is 4.90 Å². The van der Waals surface area contributed by atoms with Crippen LogP contribution >= 0.6 is 11.6 Å². The molecule has 0 saturated carbocycles. The highest BCUT2D eigenvalue weighted by molar-refractivity contribution is 6.17. The van der Waals surface area contributed by atoms with Gasteiger partial charge in [-0.1, -0.05) is 32.6 Å². The van der Waals surface area contributed by atoms with Crippen LogP contribution in [-0.2, 0) is 0 Å². The summed E-state index contributed by atoms with van der Waals surface area (Å²) in [6, 6.07) is 0.699. The Balaban J connectivity index is 3.52. The van der Waals surface area contributed by atoms with Gasteiger partial charge in [-0.3, -0.25) is 0 Å². The van der Waals surface area contributed by atoms with Gasteiger partial charge in [0.25, 0.3) is 0 Å². The molecular weight excluding hydrogens is 218 g/mol. The number of unbranched alkanes of at least 4 members (excludes halogenated alkanes) is 5. The maximum Gasteiger partial charge on any atom is 0.0223 e. The molecular formula is C14H30ClN. The summed E-state index contributed by atoms with van der Waals surface area (Å²) in [5.74, 6) is 0.824. The first-order valence-corrected chi connectivity index (χ1v) is 7.55. The fourth-order valence-electron chi connectivity index (χ4n) is 1.96. The van der Waals surface area contributed by atoms with Crippen molar-refractivity contribution in [3.8, 4) is 0 Å². The van der Waals surface area contributed by atoms with Crippen LogP contribution in [0.1, 0.15) is 65.7 Å². The molecule has 2 heteroatoms. The van der Waals surface area contributed by atoms with E-state index in [1.165, 1.54) is 58.0 Å². The zero-order valence-corrected chi connectivity index (χ0v) is 12.2. The Bertz CT molecular complexity index is 137. The van der Waals surface area contributed by atoms with E-state index in [4.69, 9.17) is 11.6 Å². The molecule has 0 saturated heterocycles. The van der Waals surface area contributed by atoms with Crippen molar-refractivity contribution in [2.45, 2.75) is 71.8 Å². The van der Waals surface area contributed by atoms with Crippen molar-refractivity contribution in [2.24, 2.45) is 0 Å². The van der Waals surface area contributed by atoms with E-state index >= 15 is 0 Å². The molecule has 0 heterocycles. The first-order chi connectivity index (χ1) is 7.72. The van der Waals surface area contributed by atoms with E-state index in [1.807, 2.05) is 0 Å². The van der Waals surface area contributed by atoms with Crippen molar-refractivity contribution in [3.63, 3.8) is 0 Å². The summed E-state index contributed by atoms with van der Waals surface area (Å²) in [4.78, 5) is 2.62. The van der Waals surface area contributed by atoms with E-state index in [9.17, 15) is 0 Å². The van der Waals surface area contributed by atoms with Crippen LogP contribution in [0.5, 0.6) is 0 Å². The predicted octanol–water partition coefficient (Wildman–Crippen LogP) is 4.69. The summed E-state index contributed by atoms with van der Waals surface area (Å²) in [7, 11) is 0. The van der Waals surface area contributed by atoms with Gasteiger partial charge in [0.1, 0.15) is 0 Å². The summed E-state index contributed by atoms with van der Waals surface area (Å²) in [6.07, 6.45) is 9.20. The highest BCUT2D eigenvalue weighted by atomic mass is 35.5. The molecule has 0 atom stereocenters. The van der Waals surface area contributed by atoms with Crippen molar-refractivity contribution in [2.75, 3.05) is 19.0 Å². The summed E-state index contributed by atoms with van der Waals surface area (Å²) >= 11 is 5.67. The number of hydrogen-bond acceptors (Lipinski definition) is 1. The van der Waals surface area contributed by atoms with Crippen LogP contribution in [0.2, 0.25) is 0 Å². The molecule has 0 aromatic rings. The maximum atomic E-state index is 5.67. The summed E-state index contributed by atoms with van der Waals surface area (Å²) in [6.45, 7) is 9.44. The fraction of sp³-hybridized carbons (Fsp3) is 1.00. The molecule has 0 radical (unpaired) electrons. The second-order valence-corrected chi connectivity index (χ2v) is 5.32. The molecule has 0 aliphatic rings. The minimum absolute atomic E-state index is 0.699. The molecule has 1 nitrogen and oxygen atoms in total. The predicted molar refractivity (Wildman–Crippen MR) is 75.4 cm³/mol. The Morgan fingerprint density at radius 1 is 0.875 bits per heavy atom. The van der Waals surface area contributed by atoms with Crippen LogP contribution in [0.4, 0.5) is 0 Å². The molecule has 0 spiro atoms. The molecule has 98 valence electrons. The normalized spacial score (nSPS) is 11.6. The van der Waals surface area contributed by atoms with Crippen LogP contribution in [-0.4, -0.2) is 29.9 Å². The molecule has 0 aromatic heterocycles. The zero-order chi connectivity index (χ0) is 12.2. The lowest BCUT2D eigenvalue weighted by atomic mass is 10.1. The van der Waals surface area contributed by atoms with Crippen molar-refractivity contribution in [1.82, 2.24) is 4.90 Å². The summed E-state index contributed by atoms with van der Waals surface area (Å²) in [5.41, 5.74) is 0. The lowest BCUT2D eigenvalue weighted by Crippen LogP contribution is -2.32. The Morgan fingerprint density at radius 3 is 1.94 bits per heavy atom. The van der Waals surface area contributed by atoms with Crippen LogP contribution in [0.25, 0.3) is 0 Å². The van der Waals surface area contributed by atoms with Gasteiger partial charge in [-0.05, 0) is 46.2 Å². The maximum absolute atomic E-state index is 5.67. The first kappa shape index (κ1) is 16.2. The second-order valence-electron chi connectivity index (χ2n) is 4.94. The summed E-state index contributed by atoms with van der Waals surface area (Å²) in [5, 5.41) is 0. The average Bonchev–Trinajstić information content (AvgIpc) is 2.26. The quantitative estimate of drug-likeness (QED) is 0.378. The monoisotopic (exact) mass is 247 g/mol. The molecule has 0 N–H and O–H groups in total. The van der Waals surface area contributed by atoms with Gasteiger partial charge in [-0.2, -0.15) is 0 Å². The Morgan fingerprint density at radius 2 is 1.44 bits per heavy atom. The van der Waals surface area contributed by atoms with E-state index in [2.05, 4.69) is 25.7 Å². The van der Waals surface area contributed by atoms with Gasteiger partial charge in [0.05, 0.1) is 0 Å². The number of rotatable bonds is 11. The molecule has 0 aliphatic carbocycles. The lowest BCUT2D eigenvalue weighted by molar-refractivity contribution is 0.212. The van der Waals surface area contributed by atoms with Crippen LogP contribution in [0, 0.1) is 0 Å². The van der Waals surface area contributed by atoms with Gasteiger partial charge >= 0.3 is 0 Å². The lowest BCUT2D eigenvalue weighted by Gasteiger charge is -2.26. The third kappa shape index (κ3) is 9.47. The van der Waals surface area contributed by atoms with Gasteiger partial charge in [0, 0.05) is 11.9 Å². The van der Waals surface area contributed by atoms with E-state index in [0.717, 1.165) is 5.88 Å². The number of halogens is 1. The van der Waals surface area contributed by atoms with Crippen molar-refractivity contribution in [3.05, 3.63) is 0 Å². The minimum Gasteiger partial charge on any atom is -0.301 e. The van der Waals surface area contributed by atoms with E-state index in [-0.39, 0.29) is 0 Å². The largest absolute Gasteiger partial charge is 0.301 e. The van der Waals surface area contributed by atoms with E-state index in [0.29, 0.717) is 6.04 Å². The van der Waals surface area contributed by atoms with Crippen molar-refractivity contribution < 1.29 is 0 Å². The van der Waals surface area contributed by atoms with Crippen LogP contribution in [0.15, 0.2) is 0 Å². The molecule has 0 bridgehead atoms. The standard InChI is InChI=1S/C14H30ClN/c1-4-5-9-12-16(14(2)3)13-10-7-6-8-11-15/h14H,4-13H2,1-3H3. The van der Waals surface area contributed by atoms with E-state index in [1.54, 1.807) is 0 Å². The zero-order valence-electron chi connectivity index (χ0n) is 11.5. The van der Waals surface area contributed by atoms with Gasteiger partial charge in [0.2, 0.25) is 0 Å². The highest BCUT2D eigenvalue weighted by Crippen LogP contribution is 2.07. The van der Waals surface area contributed by atoms with Gasteiger partial charge in [0.15, 0.2) is 0 Å². The molecule has 0 aliphatic heterocycles. The number of hydrogen-bond donors (Lipinski definition) is 0. The van der Waals surface area contributed by atoms with Gasteiger partial charge in [-0.15, -0.1) is 11.6 Å². The topological polar surface area (TPSA) is 3.24 Å². The third-order valence-corrected chi connectivity index (χ3v) is 3.38. The molecule has 0 amide bonds. The Kier molecular flexibility index (Phi) is 11.9. The molecule has 0 unspecified atom stereocenters. The second kappa shape index (κ2) is 11.7. The molecule has 16 heavy (non-hydrogen) atoms. The van der Waals surface area contributed by atoms with Crippen molar-refractivity contribution in [1.29, 1.82) is 0 Å². The van der Waals surface area contributed by atoms with Crippen LogP contribution < -0.4 is 0 Å². The van der Waals surface area contributed by atoms with Gasteiger partial charge in [-0.25, -0.2) is 0 Å². The first-order valence-electron chi connectivity index (χ1n) is 7.02. The highest BCUT2D eigenvalue weighted by Gasteiger charge is 2.07. The minimum atomic E-state index is 0.699. The molecule has 0 fully saturated rings. The number of alkyl halides is 1. The molecule has 0 aromatic carbocycles. The van der Waals surface area contributed by atoms with Crippen LogP contribution in [0.3, 0.4) is 0 Å². The van der Waals surface area contributed by atoms with Crippen molar-refractivity contribution >= 4 is 11.6 Å². The fourth-order valence-corrected chi connectivity index (χ4v) is 2.15. The Hall–Kier alpha value is 0.250. The Labute approximate surface area is 108 Å². The smallest absolute Gasteiger partial charge is 0.0223 e. The number of nitrogens with zero attached hydrogens (tertiary/aromatic N) is 1. The summed E-state index contributed by atoms with van der Waals surface area (Å²) < 4.78 is 0. The average molecular weight is 248 g/mol. The SMILES string of the molecule is CCCCCN(CCCCCCCl)C(C)C. The third-order valence-electron chi connectivity index (χ3n) is 3.11. The van der Waals surface area contributed by atoms with E-state index < -0.39 is 0 Å². The molecule has 0 rings (SSSR count).